The predicted molar refractivity (Wildman–Crippen MR) is 104 cm³/mol. The van der Waals surface area contributed by atoms with Crippen LogP contribution in [0.15, 0.2) is 42.9 Å². The van der Waals surface area contributed by atoms with Gasteiger partial charge >= 0.3 is 0 Å². The summed E-state index contributed by atoms with van der Waals surface area (Å²) in [6, 6.07) is 8.27. The van der Waals surface area contributed by atoms with Crippen molar-refractivity contribution in [2.45, 2.75) is 44.2 Å². The van der Waals surface area contributed by atoms with E-state index in [2.05, 4.69) is 37.6 Å². The Morgan fingerprint density at radius 2 is 2.07 bits per heavy atom. The third-order valence-electron chi connectivity index (χ3n) is 5.37. The summed E-state index contributed by atoms with van der Waals surface area (Å²) in [4.78, 5) is 9.01. The maximum absolute atomic E-state index is 10.0. The summed E-state index contributed by atoms with van der Waals surface area (Å²) in [6.45, 7) is 2.02. The van der Waals surface area contributed by atoms with Crippen LogP contribution in [0.5, 0.6) is 0 Å². The molecule has 1 aliphatic carbocycles. The normalized spacial score (nSPS) is 16.1. The second-order valence-electron chi connectivity index (χ2n) is 7.19. The fourth-order valence-corrected chi connectivity index (χ4v) is 3.58. The molecule has 1 atom stereocenters. The molecule has 1 unspecified atom stereocenters. The first kappa shape index (κ1) is 17.6. The van der Waals surface area contributed by atoms with E-state index in [0.29, 0.717) is 5.95 Å². The Kier molecular flexibility index (Phi) is 4.63. The number of hydrogen-bond donors (Lipinski definition) is 4. The highest BCUT2D eigenvalue weighted by atomic mass is 16.3. The Labute approximate surface area is 158 Å². The van der Waals surface area contributed by atoms with Gasteiger partial charge in [-0.3, -0.25) is 5.10 Å². The summed E-state index contributed by atoms with van der Waals surface area (Å²) >= 11 is 0. The summed E-state index contributed by atoms with van der Waals surface area (Å²) < 4.78 is 0. The molecule has 0 saturated heterocycles. The van der Waals surface area contributed by atoms with Crippen LogP contribution in [-0.2, 0) is 18.3 Å². The number of rotatable bonds is 7. The summed E-state index contributed by atoms with van der Waals surface area (Å²) in [5.74, 6) is 0.557. The molecule has 7 heteroatoms. The molecule has 2 aromatic heterocycles. The Balaban J connectivity index is 1.53. The van der Waals surface area contributed by atoms with Crippen LogP contribution < -0.4 is 11.1 Å². The van der Waals surface area contributed by atoms with Gasteiger partial charge in [0.2, 0.25) is 5.95 Å². The lowest BCUT2D eigenvalue weighted by molar-refractivity contribution is 0.138. The summed E-state index contributed by atoms with van der Waals surface area (Å²) in [5.41, 5.74) is 10.9. The summed E-state index contributed by atoms with van der Waals surface area (Å²) in [5, 5.41) is 19.9. The Morgan fingerprint density at radius 1 is 1.26 bits per heavy atom. The van der Waals surface area contributed by atoms with Crippen LogP contribution in [0.3, 0.4) is 0 Å². The SMILES string of the molecule is Cc1cnc(Nc2cn[nH]c2)nc1CCc1ccccc1C1(C(N)O)CC1. The number of aromatic amines is 1. The predicted octanol–water partition coefficient (Wildman–Crippen LogP) is 2.35. The lowest BCUT2D eigenvalue weighted by atomic mass is 9.88. The topological polar surface area (TPSA) is 113 Å². The maximum Gasteiger partial charge on any atom is 0.227 e. The number of aliphatic hydroxyl groups is 1. The van der Waals surface area contributed by atoms with Crippen molar-refractivity contribution in [3.63, 3.8) is 0 Å². The lowest BCUT2D eigenvalue weighted by Gasteiger charge is -2.22. The highest BCUT2D eigenvalue weighted by Gasteiger charge is 2.49. The van der Waals surface area contributed by atoms with Crippen molar-refractivity contribution >= 4 is 11.6 Å². The second kappa shape index (κ2) is 7.09. The molecule has 4 rings (SSSR count). The third-order valence-corrected chi connectivity index (χ3v) is 5.37. The van der Waals surface area contributed by atoms with Crippen molar-refractivity contribution in [1.29, 1.82) is 0 Å². The zero-order valence-corrected chi connectivity index (χ0v) is 15.3. The van der Waals surface area contributed by atoms with Crippen molar-refractivity contribution in [3.05, 3.63) is 65.2 Å². The molecular weight excluding hydrogens is 340 g/mol. The van der Waals surface area contributed by atoms with Crippen LogP contribution >= 0.6 is 0 Å². The van der Waals surface area contributed by atoms with E-state index in [1.54, 1.807) is 12.4 Å². The highest BCUT2D eigenvalue weighted by Crippen LogP contribution is 2.50. The fourth-order valence-electron chi connectivity index (χ4n) is 3.58. The molecule has 140 valence electrons. The van der Waals surface area contributed by atoms with Crippen LogP contribution in [0.4, 0.5) is 11.6 Å². The van der Waals surface area contributed by atoms with E-state index in [1.165, 1.54) is 11.1 Å². The smallest absolute Gasteiger partial charge is 0.227 e. The van der Waals surface area contributed by atoms with E-state index in [1.807, 2.05) is 25.3 Å². The highest BCUT2D eigenvalue weighted by molar-refractivity contribution is 5.50. The molecule has 0 spiro atoms. The number of anilines is 2. The van der Waals surface area contributed by atoms with Gasteiger partial charge in [0, 0.05) is 23.5 Å². The molecule has 1 fully saturated rings. The molecule has 27 heavy (non-hydrogen) atoms. The molecule has 0 radical (unpaired) electrons. The van der Waals surface area contributed by atoms with Gasteiger partial charge in [-0.1, -0.05) is 24.3 Å². The largest absolute Gasteiger partial charge is 0.378 e. The van der Waals surface area contributed by atoms with E-state index in [9.17, 15) is 5.11 Å². The van der Waals surface area contributed by atoms with E-state index in [0.717, 1.165) is 42.6 Å². The number of aromatic nitrogens is 4. The standard InChI is InChI=1S/C20H24N6O/c1-13-10-22-19(25-15-11-23-24-12-15)26-17(13)7-6-14-4-2-3-5-16(14)20(8-9-20)18(21)27/h2-5,10-12,18,27H,6-9,21H2,1H3,(H,23,24)(H,22,25,26). The first-order valence-corrected chi connectivity index (χ1v) is 9.19. The van der Waals surface area contributed by atoms with Gasteiger partial charge in [-0.2, -0.15) is 5.10 Å². The Bertz CT molecular complexity index is 918. The average Bonchev–Trinajstić information content (AvgIpc) is 3.33. The second-order valence-corrected chi connectivity index (χ2v) is 7.19. The van der Waals surface area contributed by atoms with Gasteiger partial charge in [0.15, 0.2) is 0 Å². The minimum Gasteiger partial charge on any atom is -0.378 e. The first-order chi connectivity index (χ1) is 13.1. The minimum absolute atomic E-state index is 0.273. The van der Waals surface area contributed by atoms with E-state index < -0.39 is 6.23 Å². The number of benzene rings is 1. The molecule has 1 saturated carbocycles. The first-order valence-electron chi connectivity index (χ1n) is 9.19. The Morgan fingerprint density at radius 3 is 2.78 bits per heavy atom. The molecule has 1 aliphatic rings. The number of nitrogens with one attached hydrogen (secondary N) is 2. The van der Waals surface area contributed by atoms with Crippen molar-refractivity contribution in [1.82, 2.24) is 20.2 Å². The molecule has 2 heterocycles. The maximum atomic E-state index is 10.0. The fraction of sp³-hybridized carbons (Fsp3) is 0.350. The minimum atomic E-state index is -0.815. The number of nitrogens with two attached hydrogens (primary N) is 1. The number of hydrogen-bond acceptors (Lipinski definition) is 6. The van der Waals surface area contributed by atoms with Gasteiger partial charge < -0.3 is 16.2 Å². The molecule has 0 aliphatic heterocycles. The van der Waals surface area contributed by atoms with Crippen molar-refractivity contribution < 1.29 is 5.11 Å². The molecule has 7 nitrogen and oxygen atoms in total. The third kappa shape index (κ3) is 3.56. The van der Waals surface area contributed by atoms with Crippen LogP contribution in [0.2, 0.25) is 0 Å². The average molecular weight is 364 g/mol. The van der Waals surface area contributed by atoms with Crippen molar-refractivity contribution in [2.75, 3.05) is 5.32 Å². The molecular formula is C20H24N6O. The number of aliphatic hydroxyl groups excluding tert-OH is 1. The molecule has 0 amide bonds. The Hall–Kier alpha value is -2.77. The van der Waals surface area contributed by atoms with Gasteiger partial charge in [-0.15, -0.1) is 0 Å². The molecule has 0 bridgehead atoms. The van der Waals surface area contributed by atoms with Crippen molar-refractivity contribution in [2.24, 2.45) is 5.73 Å². The quantitative estimate of drug-likeness (QED) is 0.479. The number of H-pyrrole nitrogens is 1. The van der Waals surface area contributed by atoms with Crippen LogP contribution in [-0.4, -0.2) is 31.5 Å². The van der Waals surface area contributed by atoms with E-state index in [4.69, 9.17) is 5.73 Å². The summed E-state index contributed by atoms with van der Waals surface area (Å²) in [6.07, 6.45) is 7.97. The van der Waals surface area contributed by atoms with Crippen LogP contribution in [0.25, 0.3) is 0 Å². The van der Waals surface area contributed by atoms with Gasteiger partial charge in [-0.05, 0) is 49.3 Å². The van der Waals surface area contributed by atoms with Gasteiger partial charge in [0.25, 0.3) is 0 Å². The zero-order chi connectivity index (χ0) is 18.9. The molecule has 3 aromatic rings. The van der Waals surface area contributed by atoms with Gasteiger partial charge in [-0.25, -0.2) is 9.97 Å². The van der Waals surface area contributed by atoms with Gasteiger partial charge in [0.1, 0.15) is 6.23 Å². The molecule has 5 N–H and O–H groups in total. The van der Waals surface area contributed by atoms with E-state index in [-0.39, 0.29) is 5.41 Å². The monoisotopic (exact) mass is 364 g/mol. The number of nitrogens with zero attached hydrogens (tertiary/aromatic N) is 3. The van der Waals surface area contributed by atoms with Crippen LogP contribution in [0, 0.1) is 6.92 Å². The molecule has 1 aromatic carbocycles. The zero-order valence-electron chi connectivity index (χ0n) is 15.3. The van der Waals surface area contributed by atoms with Crippen molar-refractivity contribution in [3.8, 4) is 0 Å². The van der Waals surface area contributed by atoms with Crippen LogP contribution in [0.1, 0.15) is 35.2 Å². The van der Waals surface area contributed by atoms with E-state index >= 15 is 0 Å². The van der Waals surface area contributed by atoms with Gasteiger partial charge in [0.05, 0.1) is 11.9 Å². The summed E-state index contributed by atoms with van der Waals surface area (Å²) in [7, 11) is 0. The lowest BCUT2D eigenvalue weighted by Crippen LogP contribution is -2.35. The number of aryl methyl sites for hydroxylation is 3.